The molecule has 17 heavy (non-hydrogen) atoms. The number of rotatable bonds is 4. The number of phenols is 1. The maximum atomic E-state index is 10.5. The van der Waals surface area contributed by atoms with Crippen LogP contribution in [0.15, 0.2) is 12.1 Å². The summed E-state index contributed by atoms with van der Waals surface area (Å²) < 4.78 is 0. The van der Waals surface area contributed by atoms with Gasteiger partial charge in [0.2, 0.25) is 0 Å². The summed E-state index contributed by atoms with van der Waals surface area (Å²) in [6.07, 6.45) is 5.97. The number of hydrogen-bond donors (Lipinski definition) is 2. The minimum Gasteiger partial charge on any atom is -0.508 e. The highest BCUT2D eigenvalue weighted by atomic mass is 16.4. The summed E-state index contributed by atoms with van der Waals surface area (Å²) in [5, 5.41) is 18.4. The Morgan fingerprint density at radius 2 is 1.88 bits per heavy atom. The van der Waals surface area contributed by atoms with Gasteiger partial charge in [-0.2, -0.15) is 0 Å². The first-order valence-corrected chi connectivity index (χ1v) is 6.23. The standard InChI is InChI=1S/C14H18O3/c15-13-9-8-10(4-3-7-14(16)17)11-5-1-2-6-12(11)13/h8-9,15H,1-7H2,(H,16,17). The second kappa shape index (κ2) is 5.21. The summed E-state index contributed by atoms with van der Waals surface area (Å²) in [4.78, 5) is 10.5. The van der Waals surface area contributed by atoms with Crippen LogP contribution in [0.1, 0.15) is 42.4 Å². The normalized spacial score (nSPS) is 14.4. The van der Waals surface area contributed by atoms with E-state index in [1.807, 2.05) is 6.07 Å². The fraction of sp³-hybridized carbons (Fsp3) is 0.500. The Balaban J connectivity index is 2.14. The monoisotopic (exact) mass is 234 g/mol. The number of aliphatic carboxylic acids is 1. The summed E-state index contributed by atoms with van der Waals surface area (Å²) in [6, 6.07) is 3.70. The fourth-order valence-corrected chi connectivity index (χ4v) is 2.59. The van der Waals surface area contributed by atoms with E-state index in [2.05, 4.69) is 0 Å². The summed E-state index contributed by atoms with van der Waals surface area (Å²) in [6.45, 7) is 0. The van der Waals surface area contributed by atoms with Gasteiger partial charge in [0, 0.05) is 6.42 Å². The van der Waals surface area contributed by atoms with Crippen molar-refractivity contribution in [2.24, 2.45) is 0 Å². The van der Waals surface area contributed by atoms with E-state index < -0.39 is 5.97 Å². The van der Waals surface area contributed by atoms with E-state index in [4.69, 9.17) is 5.11 Å². The number of aryl methyl sites for hydroxylation is 1. The van der Waals surface area contributed by atoms with Gasteiger partial charge in [0.15, 0.2) is 0 Å². The molecule has 1 aromatic carbocycles. The molecule has 2 N–H and O–H groups in total. The van der Waals surface area contributed by atoms with Gasteiger partial charge in [0.25, 0.3) is 0 Å². The Kier molecular flexibility index (Phi) is 3.67. The van der Waals surface area contributed by atoms with Gasteiger partial charge in [-0.25, -0.2) is 0 Å². The van der Waals surface area contributed by atoms with E-state index in [0.717, 1.165) is 31.2 Å². The van der Waals surface area contributed by atoms with Gasteiger partial charge in [-0.3, -0.25) is 4.79 Å². The predicted octanol–water partition coefficient (Wildman–Crippen LogP) is 2.68. The number of benzene rings is 1. The Labute approximate surface area is 101 Å². The maximum absolute atomic E-state index is 10.5. The van der Waals surface area contributed by atoms with Crippen molar-refractivity contribution >= 4 is 5.97 Å². The third kappa shape index (κ3) is 2.78. The number of phenolic OH excluding ortho intramolecular Hbond substituents is 1. The van der Waals surface area contributed by atoms with Crippen LogP contribution in [-0.4, -0.2) is 16.2 Å². The Bertz CT molecular complexity index is 424. The second-order valence-corrected chi connectivity index (χ2v) is 4.66. The van der Waals surface area contributed by atoms with Crippen molar-refractivity contribution in [2.75, 3.05) is 0 Å². The highest BCUT2D eigenvalue weighted by molar-refractivity contribution is 5.66. The van der Waals surface area contributed by atoms with E-state index in [-0.39, 0.29) is 6.42 Å². The molecule has 0 amide bonds. The van der Waals surface area contributed by atoms with E-state index in [1.54, 1.807) is 6.07 Å². The van der Waals surface area contributed by atoms with Crippen LogP contribution in [0.4, 0.5) is 0 Å². The van der Waals surface area contributed by atoms with E-state index >= 15 is 0 Å². The van der Waals surface area contributed by atoms with Crippen LogP contribution in [0.3, 0.4) is 0 Å². The lowest BCUT2D eigenvalue weighted by Gasteiger charge is -2.20. The molecule has 0 saturated heterocycles. The fourth-order valence-electron chi connectivity index (χ4n) is 2.59. The number of carboxylic acid groups (broad SMARTS) is 1. The average molecular weight is 234 g/mol. The van der Waals surface area contributed by atoms with Crippen LogP contribution in [0, 0.1) is 0 Å². The van der Waals surface area contributed by atoms with Gasteiger partial charge in [0.1, 0.15) is 5.75 Å². The molecule has 0 heterocycles. The van der Waals surface area contributed by atoms with Gasteiger partial charge in [-0.05, 0) is 61.3 Å². The first kappa shape index (κ1) is 12.0. The van der Waals surface area contributed by atoms with Crippen LogP contribution >= 0.6 is 0 Å². The molecule has 1 aromatic rings. The van der Waals surface area contributed by atoms with Gasteiger partial charge < -0.3 is 10.2 Å². The molecule has 0 aromatic heterocycles. The molecule has 1 aliphatic rings. The Hall–Kier alpha value is -1.51. The zero-order valence-corrected chi connectivity index (χ0v) is 9.91. The molecular weight excluding hydrogens is 216 g/mol. The third-order valence-corrected chi connectivity index (χ3v) is 3.44. The molecule has 2 rings (SSSR count). The molecule has 3 heteroatoms. The second-order valence-electron chi connectivity index (χ2n) is 4.66. The van der Waals surface area contributed by atoms with Gasteiger partial charge in [0.05, 0.1) is 0 Å². The summed E-state index contributed by atoms with van der Waals surface area (Å²) >= 11 is 0. The predicted molar refractivity (Wildman–Crippen MR) is 65.3 cm³/mol. The number of fused-ring (bicyclic) bond motifs is 1. The van der Waals surface area contributed by atoms with Crippen molar-refractivity contribution in [2.45, 2.75) is 44.9 Å². The zero-order valence-electron chi connectivity index (χ0n) is 9.91. The Morgan fingerprint density at radius 3 is 2.59 bits per heavy atom. The topological polar surface area (TPSA) is 57.5 Å². The van der Waals surface area contributed by atoms with Crippen LogP contribution in [0.5, 0.6) is 5.75 Å². The maximum Gasteiger partial charge on any atom is 0.303 e. The van der Waals surface area contributed by atoms with Gasteiger partial charge >= 0.3 is 5.97 Å². The molecule has 92 valence electrons. The molecule has 0 saturated carbocycles. The average Bonchev–Trinajstić information content (AvgIpc) is 2.32. The highest BCUT2D eigenvalue weighted by Crippen LogP contribution is 2.32. The van der Waals surface area contributed by atoms with Gasteiger partial charge in [-0.15, -0.1) is 0 Å². The van der Waals surface area contributed by atoms with E-state index in [9.17, 15) is 9.90 Å². The number of aromatic hydroxyl groups is 1. The van der Waals surface area contributed by atoms with Gasteiger partial charge in [-0.1, -0.05) is 6.07 Å². The molecule has 0 spiro atoms. The quantitative estimate of drug-likeness (QED) is 0.842. The van der Waals surface area contributed by atoms with Crippen molar-refractivity contribution in [3.05, 3.63) is 28.8 Å². The van der Waals surface area contributed by atoms with Crippen LogP contribution in [-0.2, 0) is 24.1 Å². The molecule has 0 aliphatic heterocycles. The molecule has 0 unspecified atom stereocenters. The smallest absolute Gasteiger partial charge is 0.303 e. The van der Waals surface area contributed by atoms with Crippen LogP contribution in [0.25, 0.3) is 0 Å². The van der Waals surface area contributed by atoms with E-state index in [0.29, 0.717) is 12.2 Å². The molecule has 0 atom stereocenters. The molecule has 0 bridgehead atoms. The molecular formula is C14H18O3. The summed E-state index contributed by atoms with van der Waals surface area (Å²) in [5.74, 6) is -0.334. The van der Waals surface area contributed by atoms with Crippen molar-refractivity contribution < 1.29 is 15.0 Å². The largest absolute Gasteiger partial charge is 0.508 e. The lowest BCUT2D eigenvalue weighted by atomic mass is 9.86. The lowest BCUT2D eigenvalue weighted by molar-refractivity contribution is -0.137. The minimum atomic E-state index is -0.738. The van der Waals surface area contributed by atoms with Crippen LogP contribution in [0.2, 0.25) is 0 Å². The molecule has 3 nitrogen and oxygen atoms in total. The van der Waals surface area contributed by atoms with Crippen molar-refractivity contribution in [3.63, 3.8) is 0 Å². The number of hydrogen-bond acceptors (Lipinski definition) is 2. The minimum absolute atomic E-state index is 0.218. The van der Waals surface area contributed by atoms with Crippen molar-refractivity contribution in [1.29, 1.82) is 0 Å². The summed E-state index contributed by atoms with van der Waals surface area (Å²) in [5.41, 5.74) is 3.57. The summed E-state index contributed by atoms with van der Waals surface area (Å²) in [7, 11) is 0. The van der Waals surface area contributed by atoms with Crippen molar-refractivity contribution in [1.82, 2.24) is 0 Å². The van der Waals surface area contributed by atoms with Crippen molar-refractivity contribution in [3.8, 4) is 5.75 Å². The lowest BCUT2D eigenvalue weighted by Crippen LogP contribution is -2.07. The number of carbonyl (C=O) groups is 1. The van der Waals surface area contributed by atoms with Crippen LogP contribution < -0.4 is 0 Å². The first-order chi connectivity index (χ1) is 8.18. The van der Waals surface area contributed by atoms with E-state index in [1.165, 1.54) is 17.5 Å². The SMILES string of the molecule is O=C(O)CCCc1ccc(O)c2c1CCCC2. The first-order valence-electron chi connectivity index (χ1n) is 6.23. The third-order valence-electron chi connectivity index (χ3n) is 3.44. The Morgan fingerprint density at radius 1 is 1.18 bits per heavy atom. The molecule has 0 fully saturated rings. The molecule has 1 aliphatic carbocycles. The highest BCUT2D eigenvalue weighted by Gasteiger charge is 2.16. The zero-order chi connectivity index (χ0) is 12.3. The molecule has 0 radical (unpaired) electrons. The number of carboxylic acids is 1.